The lowest BCUT2D eigenvalue weighted by atomic mass is 10.1. The molecule has 2 aromatic heterocycles. The van der Waals surface area contributed by atoms with Crippen LogP contribution in [0, 0.1) is 6.92 Å². The molecule has 13 nitrogen and oxygen atoms in total. The van der Waals surface area contributed by atoms with E-state index >= 15 is 0 Å². The lowest BCUT2D eigenvalue weighted by molar-refractivity contribution is -0.275. The Bertz CT molecular complexity index is 1940. The molecule has 2 aromatic carbocycles. The van der Waals surface area contributed by atoms with Crippen molar-refractivity contribution in [2.45, 2.75) is 37.1 Å². The summed E-state index contributed by atoms with van der Waals surface area (Å²) in [5.41, 5.74) is 5.92. The Morgan fingerprint density at radius 3 is 2.08 bits per heavy atom. The zero-order chi connectivity index (χ0) is 35.0. The standard InChI is InChI=1S/C27H23F6N7O6S2/c1-14-36-20(22(34)41)21-23(37-14)38-25(47-21)39-10-11-40(48(43,44)18-8-6-17(7-9-18)46-27(31,32)33)19(13-39)24(42)35-12-15-2-4-16(5-3-15)45-26(28,29)30/h2-9,19H,10-13H2,1H3,(H2,34,41)(H,35,42). The number of aryl methyl sites for hydroxylation is 1. The van der Waals surface area contributed by atoms with Crippen LogP contribution < -0.4 is 25.4 Å². The first kappa shape index (κ1) is 34.6. The van der Waals surface area contributed by atoms with Crippen LogP contribution in [0.2, 0.25) is 0 Å². The van der Waals surface area contributed by atoms with Gasteiger partial charge in [-0.25, -0.2) is 18.4 Å². The van der Waals surface area contributed by atoms with Crippen molar-refractivity contribution in [3.8, 4) is 11.5 Å². The number of amides is 2. The quantitative estimate of drug-likeness (QED) is 0.244. The van der Waals surface area contributed by atoms with Crippen molar-refractivity contribution in [2.24, 2.45) is 5.73 Å². The van der Waals surface area contributed by atoms with Crippen molar-refractivity contribution in [3.63, 3.8) is 0 Å². The van der Waals surface area contributed by atoms with Crippen LogP contribution in [-0.4, -0.2) is 77.9 Å². The number of thiazole rings is 1. The van der Waals surface area contributed by atoms with E-state index in [1.54, 1.807) is 4.90 Å². The first-order valence-electron chi connectivity index (χ1n) is 13.6. The summed E-state index contributed by atoms with van der Waals surface area (Å²) in [5, 5.41) is 2.85. The molecule has 4 aromatic rings. The van der Waals surface area contributed by atoms with Gasteiger partial charge in [-0.3, -0.25) is 9.59 Å². The number of primary amides is 1. The maximum atomic E-state index is 13.7. The number of piperazine rings is 1. The minimum Gasteiger partial charge on any atom is -0.406 e. The van der Waals surface area contributed by atoms with Crippen molar-refractivity contribution in [1.82, 2.24) is 24.6 Å². The number of nitrogens with one attached hydrogen (secondary N) is 1. The van der Waals surface area contributed by atoms with Gasteiger partial charge in [-0.15, -0.1) is 26.3 Å². The van der Waals surface area contributed by atoms with Gasteiger partial charge >= 0.3 is 12.7 Å². The third kappa shape index (κ3) is 8.02. The molecule has 0 spiro atoms. The fourth-order valence-electron chi connectivity index (χ4n) is 4.73. The number of carbonyl (C=O) groups is 2. The van der Waals surface area contributed by atoms with Gasteiger partial charge in [0.1, 0.15) is 28.1 Å². The van der Waals surface area contributed by atoms with Crippen LogP contribution in [-0.2, 0) is 21.4 Å². The van der Waals surface area contributed by atoms with Crippen molar-refractivity contribution in [2.75, 3.05) is 24.5 Å². The molecule has 2 amide bonds. The van der Waals surface area contributed by atoms with Crippen LogP contribution in [0.25, 0.3) is 10.3 Å². The number of ether oxygens (including phenoxy) is 2. The maximum absolute atomic E-state index is 13.7. The van der Waals surface area contributed by atoms with Gasteiger partial charge in [0, 0.05) is 26.2 Å². The summed E-state index contributed by atoms with van der Waals surface area (Å²) in [4.78, 5) is 39.5. The first-order chi connectivity index (χ1) is 22.4. The fourth-order valence-corrected chi connectivity index (χ4v) is 7.34. The van der Waals surface area contributed by atoms with Gasteiger partial charge in [-0.1, -0.05) is 23.5 Å². The molecule has 0 radical (unpaired) electrons. The van der Waals surface area contributed by atoms with E-state index in [9.17, 15) is 44.3 Å². The van der Waals surface area contributed by atoms with Crippen LogP contribution in [0.5, 0.6) is 11.5 Å². The molecule has 48 heavy (non-hydrogen) atoms. The number of aromatic nitrogens is 3. The summed E-state index contributed by atoms with van der Waals surface area (Å²) in [7, 11) is -4.49. The molecule has 1 atom stereocenters. The monoisotopic (exact) mass is 719 g/mol. The van der Waals surface area contributed by atoms with E-state index in [4.69, 9.17) is 5.73 Å². The number of nitrogens with zero attached hydrogens (tertiary/aromatic N) is 5. The van der Waals surface area contributed by atoms with Gasteiger partial charge in [0.2, 0.25) is 15.9 Å². The Hall–Kier alpha value is -4.76. The normalized spacial score (nSPS) is 16.1. The van der Waals surface area contributed by atoms with Crippen molar-refractivity contribution in [1.29, 1.82) is 0 Å². The Kier molecular flexibility index (Phi) is 9.39. The van der Waals surface area contributed by atoms with E-state index in [1.165, 1.54) is 19.1 Å². The second kappa shape index (κ2) is 13.0. The highest BCUT2D eigenvalue weighted by Gasteiger charge is 2.41. The minimum atomic E-state index is -5.01. The number of rotatable bonds is 9. The highest BCUT2D eigenvalue weighted by atomic mass is 32.2. The first-order valence-corrected chi connectivity index (χ1v) is 15.9. The van der Waals surface area contributed by atoms with E-state index < -0.39 is 57.0 Å². The van der Waals surface area contributed by atoms with Crippen LogP contribution in [0.15, 0.2) is 53.4 Å². The molecule has 1 aliphatic rings. The van der Waals surface area contributed by atoms with E-state index in [-0.39, 0.29) is 53.2 Å². The predicted molar refractivity (Wildman–Crippen MR) is 156 cm³/mol. The van der Waals surface area contributed by atoms with Crippen LogP contribution >= 0.6 is 11.3 Å². The summed E-state index contributed by atoms with van der Waals surface area (Å²) in [6.45, 7) is 0.770. The molecule has 256 valence electrons. The number of carbonyl (C=O) groups excluding carboxylic acids is 2. The number of anilines is 1. The Labute approximate surface area is 271 Å². The van der Waals surface area contributed by atoms with Crippen molar-refractivity contribution >= 4 is 48.7 Å². The number of hydrogen-bond acceptors (Lipinski definition) is 11. The van der Waals surface area contributed by atoms with Crippen molar-refractivity contribution < 1.29 is 53.8 Å². The van der Waals surface area contributed by atoms with Gasteiger partial charge in [-0.05, 0) is 48.9 Å². The molecule has 0 bridgehead atoms. The number of alkyl halides is 6. The number of sulfonamides is 1. The summed E-state index contributed by atoms with van der Waals surface area (Å²) >= 11 is 0.999. The zero-order valence-electron chi connectivity index (χ0n) is 24.4. The molecule has 1 unspecified atom stereocenters. The zero-order valence-corrected chi connectivity index (χ0v) is 26.0. The molecule has 1 aliphatic heterocycles. The lowest BCUT2D eigenvalue weighted by Gasteiger charge is -2.39. The van der Waals surface area contributed by atoms with Crippen LogP contribution in [0.4, 0.5) is 31.5 Å². The molecule has 1 saturated heterocycles. The SMILES string of the molecule is Cc1nc(C(N)=O)c2sc(N3CCN(S(=O)(=O)c4ccc(OC(F)(F)F)cc4)C(C(=O)NCc4ccc(OC(F)(F)F)cc4)C3)nc2n1. The number of fused-ring (bicyclic) bond motifs is 1. The average molecular weight is 720 g/mol. The van der Waals surface area contributed by atoms with Crippen LogP contribution in [0.1, 0.15) is 21.9 Å². The molecule has 21 heteroatoms. The molecule has 3 N–H and O–H groups in total. The highest BCUT2D eigenvalue weighted by molar-refractivity contribution is 7.89. The van der Waals surface area contributed by atoms with Gasteiger partial charge in [0.25, 0.3) is 5.91 Å². The Balaban J connectivity index is 1.42. The molecule has 5 rings (SSSR count). The molecule has 0 aliphatic carbocycles. The lowest BCUT2D eigenvalue weighted by Crippen LogP contribution is -2.60. The summed E-state index contributed by atoms with van der Waals surface area (Å²) in [5.74, 6) is -2.54. The number of hydrogen-bond donors (Lipinski definition) is 2. The third-order valence-electron chi connectivity index (χ3n) is 6.78. The van der Waals surface area contributed by atoms with Gasteiger partial charge in [0.05, 0.1) is 4.90 Å². The number of halogens is 6. The summed E-state index contributed by atoms with van der Waals surface area (Å²) < 4.78 is 112. The maximum Gasteiger partial charge on any atom is 0.573 e. The second-order valence-corrected chi connectivity index (χ2v) is 13.0. The molecule has 3 heterocycles. The number of benzene rings is 2. The Morgan fingerprint density at radius 1 is 0.938 bits per heavy atom. The Morgan fingerprint density at radius 2 is 1.52 bits per heavy atom. The van der Waals surface area contributed by atoms with E-state index in [0.29, 0.717) is 5.56 Å². The van der Waals surface area contributed by atoms with E-state index in [0.717, 1.165) is 52.0 Å². The van der Waals surface area contributed by atoms with E-state index in [2.05, 4.69) is 29.7 Å². The highest BCUT2D eigenvalue weighted by Crippen LogP contribution is 2.33. The van der Waals surface area contributed by atoms with Crippen molar-refractivity contribution in [3.05, 3.63) is 65.6 Å². The van der Waals surface area contributed by atoms with Gasteiger partial charge in [-0.2, -0.15) is 9.29 Å². The summed E-state index contributed by atoms with van der Waals surface area (Å²) in [6, 6.07) is 6.64. The smallest absolute Gasteiger partial charge is 0.406 e. The number of nitrogens with two attached hydrogens (primary N) is 1. The van der Waals surface area contributed by atoms with Gasteiger partial charge < -0.3 is 25.4 Å². The molecule has 0 saturated carbocycles. The summed E-state index contributed by atoms with van der Waals surface area (Å²) in [6.07, 6.45) is -9.91. The topological polar surface area (TPSA) is 170 Å². The molecular weight excluding hydrogens is 696 g/mol. The molecular formula is C27H23F6N7O6S2. The minimum absolute atomic E-state index is 0.00289. The van der Waals surface area contributed by atoms with Gasteiger partial charge in [0.15, 0.2) is 16.5 Å². The van der Waals surface area contributed by atoms with E-state index in [1.807, 2.05) is 0 Å². The van der Waals surface area contributed by atoms with Crippen LogP contribution in [0.3, 0.4) is 0 Å². The fraction of sp³-hybridized carbons (Fsp3) is 0.296. The third-order valence-corrected chi connectivity index (χ3v) is 9.81. The largest absolute Gasteiger partial charge is 0.573 e. The predicted octanol–water partition coefficient (Wildman–Crippen LogP) is 3.49. The second-order valence-electron chi connectivity index (χ2n) is 10.1. The average Bonchev–Trinajstić information content (AvgIpc) is 3.42. The molecule has 1 fully saturated rings.